The molecule has 0 fully saturated rings. The first-order chi connectivity index (χ1) is 14.0. The number of amides is 3. The molecule has 0 saturated carbocycles. The van der Waals surface area contributed by atoms with Gasteiger partial charge in [-0.25, -0.2) is 4.90 Å². The lowest BCUT2D eigenvalue weighted by Crippen LogP contribution is -2.29. The Kier molecular flexibility index (Phi) is 4.52. The largest absolute Gasteiger partial charge is 0.497 e. The van der Waals surface area contributed by atoms with Crippen LogP contribution in [0.25, 0.3) is 0 Å². The number of ether oxygens (including phenoxy) is 1. The van der Waals surface area contributed by atoms with Crippen molar-refractivity contribution < 1.29 is 19.1 Å². The average molecular weight is 388 g/mol. The molecule has 0 N–H and O–H groups in total. The van der Waals surface area contributed by atoms with Crippen LogP contribution in [0.5, 0.6) is 5.75 Å². The van der Waals surface area contributed by atoms with Gasteiger partial charge in [0, 0.05) is 18.3 Å². The van der Waals surface area contributed by atoms with Gasteiger partial charge < -0.3 is 9.64 Å². The predicted octanol–water partition coefficient (Wildman–Crippen LogP) is 2.56. The highest BCUT2D eigenvalue weighted by atomic mass is 16.5. The Morgan fingerprint density at radius 1 is 0.897 bits per heavy atom. The fourth-order valence-corrected chi connectivity index (χ4v) is 3.10. The van der Waals surface area contributed by atoms with Gasteiger partial charge in [-0.05, 0) is 48.5 Å². The van der Waals surface area contributed by atoms with Gasteiger partial charge in [0.15, 0.2) is 0 Å². The number of carbonyl (C=O) groups excluding carboxylic acids is 3. The number of anilines is 2. The van der Waals surface area contributed by atoms with Crippen molar-refractivity contribution in [3.63, 3.8) is 0 Å². The maximum absolute atomic E-state index is 12.8. The third kappa shape index (κ3) is 3.10. The summed E-state index contributed by atoms with van der Waals surface area (Å²) in [6.07, 6.45) is 2.55. The average Bonchev–Trinajstić information content (AvgIpc) is 3.03. The van der Waals surface area contributed by atoms with Crippen LogP contribution in [0.2, 0.25) is 0 Å². The van der Waals surface area contributed by atoms with Crippen molar-refractivity contribution in [3.05, 3.63) is 77.6 Å². The minimum atomic E-state index is -0.464. The lowest BCUT2D eigenvalue weighted by molar-refractivity contribution is 0.0925. The first-order valence-electron chi connectivity index (χ1n) is 8.73. The SMILES string of the molecule is COc1ccc(N(C)C(=O)c2ccc(N3C(=O)c4cnncc4C3=O)cc2)cc1. The lowest BCUT2D eigenvalue weighted by Gasteiger charge is -2.19. The lowest BCUT2D eigenvalue weighted by atomic mass is 10.1. The van der Waals surface area contributed by atoms with Gasteiger partial charge in [-0.1, -0.05) is 0 Å². The second-order valence-electron chi connectivity index (χ2n) is 6.37. The summed E-state index contributed by atoms with van der Waals surface area (Å²) >= 11 is 0. The molecule has 1 aliphatic rings. The molecule has 0 radical (unpaired) electrons. The topological polar surface area (TPSA) is 92.7 Å². The molecule has 8 nitrogen and oxygen atoms in total. The quantitative estimate of drug-likeness (QED) is 0.638. The minimum Gasteiger partial charge on any atom is -0.497 e. The van der Waals surface area contributed by atoms with Crippen LogP contribution in [-0.4, -0.2) is 42.1 Å². The molecular formula is C21H16N4O4. The van der Waals surface area contributed by atoms with Crippen LogP contribution in [0.4, 0.5) is 11.4 Å². The van der Waals surface area contributed by atoms with Crippen molar-refractivity contribution in [1.29, 1.82) is 0 Å². The number of benzene rings is 2. The summed E-state index contributed by atoms with van der Waals surface area (Å²) < 4.78 is 5.13. The van der Waals surface area contributed by atoms with Crippen LogP contribution in [-0.2, 0) is 0 Å². The Hall–Kier alpha value is -4.07. The van der Waals surface area contributed by atoms with Crippen molar-refractivity contribution in [3.8, 4) is 5.75 Å². The van der Waals surface area contributed by atoms with Crippen molar-refractivity contribution in [1.82, 2.24) is 10.2 Å². The maximum Gasteiger partial charge on any atom is 0.267 e. The molecule has 0 unspecified atom stereocenters. The van der Waals surface area contributed by atoms with Crippen molar-refractivity contribution in [2.45, 2.75) is 0 Å². The predicted molar refractivity (Wildman–Crippen MR) is 105 cm³/mol. The van der Waals surface area contributed by atoms with E-state index in [0.29, 0.717) is 22.7 Å². The molecule has 29 heavy (non-hydrogen) atoms. The number of hydrogen-bond donors (Lipinski definition) is 0. The van der Waals surface area contributed by atoms with Crippen LogP contribution in [0, 0.1) is 0 Å². The molecule has 0 spiro atoms. The number of imide groups is 1. The molecular weight excluding hydrogens is 372 g/mol. The molecule has 3 amide bonds. The molecule has 144 valence electrons. The van der Waals surface area contributed by atoms with E-state index in [0.717, 1.165) is 4.90 Å². The Labute approximate surface area is 166 Å². The molecule has 3 aromatic rings. The zero-order valence-electron chi connectivity index (χ0n) is 15.7. The monoisotopic (exact) mass is 388 g/mol. The second-order valence-corrected chi connectivity index (χ2v) is 6.37. The van der Waals surface area contributed by atoms with Gasteiger partial charge in [-0.3, -0.25) is 14.4 Å². The van der Waals surface area contributed by atoms with Crippen molar-refractivity contribution in [2.24, 2.45) is 0 Å². The fourth-order valence-electron chi connectivity index (χ4n) is 3.10. The van der Waals surface area contributed by atoms with Crippen molar-refractivity contribution >= 4 is 29.1 Å². The Balaban J connectivity index is 1.56. The highest BCUT2D eigenvalue weighted by Crippen LogP contribution is 2.28. The zero-order chi connectivity index (χ0) is 20.5. The molecule has 0 saturated heterocycles. The Morgan fingerprint density at radius 3 is 1.97 bits per heavy atom. The number of fused-ring (bicyclic) bond motifs is 1. The zero-order valence-corrected chi connectivity index (χ0v) is 15.7. The summed E-state index contributed by atoms with van der Waals surface area (Å²) in [6.45, 7) is 0. The van der Waals surface area contributed by atoms with E-state index in [4.69, 9.17) is 4.74 Å². The van der Waals surface area contributed by atoms with E-state index in [9.17, 15) is 14.4 Å². The summed E-state index contributed by atoms with van der Waals surface area (Å²) in [5.41, 5.74) is 1.93. The molecule has 0 aliphatic carbocycles. The molecule has 4 rings (SSSR count). The van der Waals surface area contributed by atoms with E-state index in [1.807, 2.05) is 0 Å². The van der Waals surface area contributed by atoms with Crippen molar-refractivity contribution in [2.75, 3.05) is 24.0 Å². The van der Waals surface area contributed by atoms with E-state index in [1.165, 1.54) is 17.3 Å². The number of carbonyl (C=O) groups is 3. The minimum absolute atomic E-state index is 0.212. The maximum atomic E-state index is 12.8. The molecule has 1 aromatic heterocycles. The van der Waals surface area contributed by atoms with Gasteiger partial charge in [0.25, 0.3) is 17.7 Å². The normalized spacial score (nSPS) is 12.7. The molecule has 2 aromatic carbocycles. The number of nitrogens with zero attached hydrogens (tertiary/aromatic N) is 4. The molecule has 2 heterocycles. The smallest absolute Gasteiger partial charge is 0.267 e. The summed E-state index contributed by atoms with van der Waals surface area (Å²) in [7, 11) is 3.25. The van der Waals surface area contributed by atoms with Crippen LogP contribution >= 0.6 is 0 Å². The molecule has 0 bridgehead atoms. The summed E-state index contributed by atoms with van der Waals surface area (Å²) in [5.74, 6) is -0.452. The first-order valence-corrected chi connectivity index (χ1v) is 8.73. The Bertz CT molecular complexity index is 1080. The highest BCUT2D eigenvalue weighted by molar-refractivity contribution is 6.34. The molecule has 8 heteroatoms. The van der Waals surface area contributed by atoms with Crippen LogP contribution in [0.3, 0.4) is 0 Å². The highest BCUT2D eigenvalue weighted by Gasteiger charge is 2.37. The summed E-state index contributed by atoms with van der Waals surface area (Å²) in [4.78, 5) is 40.4. The standard InChI is InChI=1S/C21H16N4O4/c1-24(14-7-9-16(29-2)10-8-14)19(26)13-3-5-15(6-4-13)25-20(27)17-11-22-23-12-18(17)21(25)28/h3-12H,1-2H3. The summed E-state index contributed by atoms with van der Waals surface area (Å²) in [6, 6.07) is 13.4. The van der Waals surface area contributed by atoms with E-state index in [2.05, 4.69) is 10.2 Å². The van der Waals surface area contributed by atoms with E-state index in [1.54, 1.807) is 62.7 Å². The number of hydrogen-bond acceptors (Lipinski definition) is 6. The molecule has 0 atom stereocenters. The van der Waals surface area contributed by atoms with Gasteiger partial charge in [-0.15, -0.1) is 0 Å². The first kappa shape index (κ1) is 18.3. The van der Waals surface area contributed by atoms with Gasteiger partial charge in [-0.2, -0.15) is 10.2 Å². The van der Waals surface area contributed by atoms with E-state index >= 15 is 0 Å². The number of rotatable bonds is 4. The van der Waals surface area contributed by atoms with Gasteiger partial charge in [0.2, 0.25) is 0 Å². The third-order valence-corrected chi connectivity index (χ3v) is 4.73. The van der Waals surface area contributed by atoms with Crippen LogP contribution in [0.15, 0.2) is 60.9 Å². The third-order valence-electron chi connectivity index (χ3n) is 4.73. The van der Waals surface area contributed by atoms with Gasteiger partial charge in [0.1, 0.15) is 5.75 Å². The molecule has 1 aliphatic heterocycles. The fraction of sp³-hybridized carbons (Fsp3) is 0.0952. The van der Waals surface area contributed by atoms with Crippen LogP contribution < -0.4 is 14.5 Å². The van der Waals surface area contributed by atoms with Gasteiger partial charge >= 0.3 is 0 Å². The number of methoxy groups -OCH3 is 1. The second kappa shape index (κ2) is 7.16. The van der Waals surface area contributed by atoms with Crippen LogP contribution in [0.1, 0.15) is 31.1 Å². The summed E-state index contributed by atoms with van der Waals surface area (Å²) in [5, 5.41) is 7.32. The van der Waals surface area contributed by atoms with Gasteiger partial charge in [0.05, 0.1) is 36.3 Å². The number of aromatic nitrogens is 2. The van der Waals surface area contributed by atoms with E-state index < -0.39 is 11.8 Å². The van der Waals surface area contributed by atoms with E-state index in [-0.39, 0.29) is 17.0 Å². The Morgan fingerprint density at radius 2 is 1.45 bits per heavy atom.